The molecule has 0 saturated carbocycles. The average molecular weight is 519 g/mol. The zero-order chi connectivity index (χ0) is 26.8. The van der Waals surface area contributed by atoms with Crippen molar-refractivity contribution >= 4 is 40.0 Å². The van der Waals surface area contributed by atoms with Gasteiger partial charge in [0.1, 0.15) is 23.3 Å². The number of likely N-dealkylation sites (N-methyl/N-ethyl adjacent to an activating group) is 1. The van der Waals surface area contributed by atoms with Gasteiger partial charge in [0.25, 0.3) is 5.56 Å². The van der Waals surface area contributed by atoms with Crippen molar-refractivity contribution in [3.8, 4) is 5.69 Å². The number of nitrogens with one attached hydrogen (secondary N) is 2. The first-order valence-corrected chi connectivity index (χ1v) is 11.8. The Morgan fingerprint density at radius 3 is 2.63 bits per heavy atom. The number of carbonyl (C=O) groups is 1. The van der Waals surface area contributed by atoms with E-state index in [0.717, 1.165) is 31.3 Å². The molecular weight excluding hydrogens is 494 g/mol. The van der Waals surface area contributed by atoms with Crippen molar-refractivity contribution in [3.63, 3.8) is 0 Å². The Bertz CT molecular complexity index is 1600. The fourth-order valence-electron chi connectivity index (χ4n) is 4.16. The molecule has 2 aromatic carbocycles. The molecule has 2 N–H and O–H groups in total. The van der Waals surface area contributed by atoms with Crippen molar-refractivity contribution in [3.05, 3.63) is 83.6 Å². The van der Waals surface area contributed by atoms with Gasteiger partial charge in [-0.1, -0.05) is 12.6 Å². The van der Waals surface area contributed by atoms with Gasteiger partial charge in [-0.05, 0) is 31.3 Å². The molecule has 2 aromatic heterocycles. The van der Waals surface area contributed by atoms with E-state index in [2.05, 4.69) is 37.1 Å². The number of nitrogens with zero attached hydrogens (tertiary/aromatic N) is 6. The van der Waals surface area contributed by atoms with Crippen molar-refractivity contribution in [2.24, 2.45) is 0 Å². The first-order chi connectivity index (χ1) is 18.3. The Kier molecular flexibility index (Phi) is 6.79. The lowest BCUT2D eigenvalue weighted by Crippen LogP contribution is -2.44. The summed E-state index contributed by atoms with van der Waals surface area (Å²) >= 11 is 0. The highest BCUT2D eigenvalue weighted by molar-refractivity contribution is 5.99. The van der Waals surface area contributed by atoms with E-state index in [4.69, 9.17) is 0 Å². The molecule has 10 nitrogen and oxygen atoms in total. The number of carbonyl (C=O) groups excluding carboxylic acids is 1. The molecule has 0 spiro atoms. The maximum Gasteiger partial charge on any atom is 0.283 e. The van der Waals surface area contributed by atoms with Gasteiger partial charge in [-0.3, -0.25) is 14.2 Å². The molecule has 1 aliphatic heterocycles. The summed E-state index contributed by atoms with van der Waals surface area (Å²) in [5, 5.41) is 5.51. The van der Waals surface area contributed by atoms with Crippen molar-refractivity contribution in [2.45, 2.75) is 0 Å². The molecule has 1 saturated heterocycles. The van der Waals surface area contributed by atoms with Gasteiger partial charge in [-0.25, -0.2) is 13.8 Å². The van der Waals surface area contributed by atoms with Gasteiger partial charge in [0, 0.05) is 50.2 Å². The fourth-order valence-corrected chi connectivity index (χ4v) is 4.16. The Morgan fingerprint density at radius 2 is 1.87 bits per heavy atom. The lowest BCUT2D eigenvalue weighted by atomic mass is 10.2. The van der Waals surface area contributed by atoms with E-state index in [9.17, 15) is 14.0 Å². The third kappa shape index (κ3) is 5.06. The minimum atomic E-state index is -0.665. The first-order valence-electron chi connectivity index (χ1n) is 11.8. The van der Waals surface area contributed by atoms with E-state index in [1.165, 1.54) is 17.1 Å². The molecule has 0 unspecified atom stereocenters. The van der Waals surface area contributed by atoms with E-state index in [1.54, 1.807) is 24.3 Å². The second-order valence-electron chi connectivity index (χ2n) is 8.79. The Hall–Kier alpha value is -4.71. The van der Waals surface area contributed by atoms with E-state index >= 15 is 4.39 Å². The largest absolute Gasteiger partial charge is 0.367 e. The molecule has 1 amide bonds. The molecule has 1 aliphatic rings. The highest BCUT2D eigenvalue weighted by Gasteiger charge is 2.20. The van der Waals surface area contributed by atoms with Crippen molar-refractivity contribution in [2.75, 3.05) is 48.8 Å². The Balaban J connectivity index is 1.48. The number of hydrogen-bond acceptors (Lipinski definition) is 8. The van der Waals surface area contributed by atoms with E-state index in [-0.39, 0.29) is 34.3 Å². The number of amides is 1. The highest BCUT2D eigenvalue weighted by Crippen LogP contribution is 2.28. The van der Waals surface area contributed by atoms with Crippen LogP contribution in [0.4, 0.5) is 31.8 Å². The number of halogens is 2. The van der Waals surface area contributed by atoms with Crippen LogP contribution in [0.5, 0.6) is 0 Å². The molecule has 1 fully saturated rings. The Labute approximate surface area is 216 Å². The van der Waals surface area contributed by atoms with Crippen LogP contribution >= 0.6 is 0 Å². The smallest absolute Gasteiger partial charge is 0.283 e. The fraction of sp³-hybridized carbons (Fsp3) is 0.192. The number of aromatic nitrogens is 4. The summed E-state index contributed by atoms with van der Waals surface area (Å²) in [5.74, 6) is -1.66. The highest BCUT2D eigenvalue weighted by atomic mass is 19.1. The van der Waals surface area contributed by atoms with Crippen molar-refractivity contribution < 1.29 is 13.6 Å². The maximum atomic E-state index is 15.0. The van der Waals surface area contributed by atoms with Gasteiger partial charge < -0.3 is 20.4 Å². The summed E-state index contributed by atoms with van der Waals surface area (Å²) in [6, 6.07) is 9.02. The summed E-state index contributed by atoms with van der Waals surface area (Å²) in [5.41, 5.74) is 0.727. The van der Waals surface area contributed by atoms with E-state index in [1.807, 2.05) is 11.9 Å². The normalized spacial score (nSPS) is 13.9. The molecule has 38 heavy (non-hydrogen) atoms. The summed E-state index contributed by atoms with van der Waals surface area (Å²) < 4.78 is 31.5. The Morgan fingerprint density at radius 1 is 1.08 bits per heavy atom. The minimum Gasteiger partial charge on any atom is -0.367 e. The van der Waals surface area contributed by atoms with Crippen LogP contribution < -0.4 is 21.1 Å². The second kappa shape index (κ2) is 10.3. The molecular formula is C26H24F2N8O2. The van der Waals surface area contributed by atoms with Crippen LogP contribution in [0.15, 0.2) is 66.4 Å². The predicted octanol–water partition coefficient (Wildman–Crippen LogP) is 3.07. The molecule has 5 rings (SSSR count). The molecule has 0 radical (unpaired) electrons. The number of piperazine rings is 1. The number of rotatable bonds is 6. The predicted molar refractivity (Wildman–Crippen MR) is 141 cm³/mol. The van der Waals surface area contributed by atoms with Gasteiger partial charge in [0.15, 0.2) is 5.65 Å². The lowest BCUT2D eigenvalue weighted by molar-refractivity contribution is -0.111. The van der Waals surface area contributed by atoms with Crippen molar-refractivity contribution in [1.29, 1.82) is 0 Å². The SMILES string of the molecule is C=CC(=O)Nc1cccc(-n2cnc(=O)c3cnc(Nc4cc(F)c(N5CCN(C)CC5)cc4F)nc32)c1. The van der Waals surface area contributed by atoms with Crippen LogP contribution in [0.25, 0.3) is 16.7 Å². The first kappa shape index (κ1) is 25.0. The third-order valence-corrected chi connectivity index (χ3v) is 6.22. The summed E-state index contributed by atoms with van der Waals surface area (Å²) in [6.45, 7) is 6.14. The van der Waals surface area contributed by atoms with E-state index in [0.29, 0.717) is 24.5 Å². The molecule has 3 heterocycles. The zero-order valence-electron chi connectivity index (χ0n) is 20.5. The van der Waals surface area contributed by atoms with Crippen LogP contribution in [0.3, 0.4) is 0 Å². The van der Waals surface area contributed by atoms with Crippen LogP contribution in [0, 0.1) is 11.6 Å². The second-order valence-corrected chi connectivity index (χ2v) is 8.79. The van der Waals surface area contributed by atoms with Crippen molar-refractivity contribution in [1.82, 2.24) is 24.4 Å². The van der Waals surface area contributed by atoms with Gasteiger partial charge in [0.2, 0.25) is 11.9 Å². The summed E-state index contributed by atoms with van der Waals surface area (Å²) in [7, 11) is 1.98. The zero-order valence-corrected chi connectivity index (χ0v) is 20.5. The minimum absolute atomic E-state index is 0.0430. The average Bonchev–Trinajstić information content (AvgIpc) is 2.91. The summed E-state index contributed by atoms with van der Waals surface area (Å²) in [4.78, 5) is 40.4. The molecule has 0 atom stereocenters. The van der Waals surface area contributed by atoms with Gasteiger partial charge in [-0.15, -0.1) is 0 Å². The van der Waals surface area contributed by atoms with Gasteiger partial charge >= 0.3 is 0 Å². The monoisotopic (exact) mass is 518 g/mol. The molecule has 4 aromatic rings. The van der Waals surface area contributed by atoms with Crippen LogP contribution in [-0.2, 0) is 4.79 Å². The number of anilines is 4. The van der Waals surface area contributed by atoms with Gasteiger partial charge in [-0.2, -0.15) is 9.97 Å². The van der Waals surface area contributed by atoms with Crippen LogP contribution in [0.2, 0.25) is 0 Å². The van der Waals surface area contributed by atoms with Crippen LogP contribution in [0.1, 0.15) is 0 Å². The lowest BCUT2D eigenvalue weighted by Gasteiger charge is -2.34. The molecule has 12 heteroatoms. The maximum absolute atomic E-state index is 15.0. The molecule has 0 aliphatic carbocycles. The van der Waals surface area contributed by atoms with Crippen LogP contribution in [-0.4, -0.2) is 63.6 Å². The molecule has 0 bridgehead atoms. The number of benzene rings is 2. The number of hydrogen-bond donors (Lipinski definition) is 2. The quantitative estimate of drug-likeness (QED) is 0.375. The standard InChI is InChI=1S/C26H24F2N8O2/c1-3-23(37)31-16-5-4-6-17(11-16)36-15-30-25(38)18-14-29-26(33-24(18)36)32-21-12-20(28)22(13-19(21)27)35-9-7-34(2)8-10-35/h3-6,11-15H,1,7-10H2,2H3,(H,31,37)(H,29,32,33). The topological polar surface area (TPSA) is 108 Å². The third-order valence-electron chi connectivity index (χ3n) is 6.22. The van der Waals surface area contributed by atoms with Gasteiger partial charge in [0.05, 0.1) is 17.1 Å². The van der Waals surface area contributed by atoms with E-state index < -0.39 is 17.2 Å². The summed E-state index contributed by atoms with van der Waals surface area (Å²) in [6.07, 6.45) is 3.71. The number of fused-ring (bicyclic) bond motifs is 1. The molecule has 194 valence electrons.